The Morgan fingerprint density at radius 3 is 2.62 bits per heavy atom. The van der Waals surface area contributed by atoms with Crippen molar-refractivity contribution in [2.24, 2.45) is 0 Å². The number of fused-ring (bicyclic) bond motifs is 1. The fraction of sp³-hybridized carbons (Fsp3) is 0.600. The largest absolute Gasteiger partial charge is 0.353 e. The van der Waals surface area contributed by atoms with Crippen LogP contribution >= 0.6 is 0 Å². The average Bonchev–Trinajstić information content (AvgIpc) is 3.47. The lowest BCUT2D eigenvalue weighted by molar-refractivity contribution is 0.486. The second-order valence-electron chi connectivity index (χ2n) is 7.94. The first-order chi connectivity index (χ1) is 12.8. The highest BCUT2D eigenvalue weighted by Crippen LogP contribution is 2.39. The first kappa shape index (κ1) is 16.0. The summed E-state index contributed by atoms with van der Waals surface area (Å²) in [5.74, 6) is 2.80. The predicted octanol–water partition coefficient (Wildman–Crippen LogP) is 2.74. The van der Waals surface area contributed by atoms with Gasteiger partial charge in [-0.25, -0.2) is 9.97 Å². The SMILES string of the molecule is CN(c1ncnc2c1CCCCC2)C1CN(c2ccc(C3CC3)nn2)C1. The Morgan fingerprint density at radius 2 is 1.85 bits per heavy atom. The van der Waals surface area contributed by atoms with Crippen LogP contribution in [0.4, 0.5) is 11.6 Å². The quantitative estimate of drug-likeness (QED) is 0.790. The Balaban J connectivity index is 1.27. The molecule has 136 valence electrons. The van der Waals surface area contributed by atoms with Crippen LogP contribution in [-0.2, 0) is 12.8 Å². The molecule has 0 radical (unpaired) electrons. The van der Waals surface area contributed by atoms with Crippen molar-refractivity contribution in [3.63, 3.8) is 0 Å². The summed E-state index contributed by atoms with van der Waals surface area (Å²) >= 11 is 0. The summed E-state index contributed by atoms with van der Waals surface area (Å²) in [5.41, 5.74) is 3.79. The van der Waals surface area contributed by atoms with Crippen molar-refractivity contribution in [1.29, 1.82) is 0 Å². The van der Waals surface area contributed by atoms with Gasteiger partial charge in [0.15, 0.2) is 5.82 Å². The van der Waals surface area contributed by atoms with E-state index in [9.17, 15) is 0 Å². The highest BCUT2D eigenvalue weighted by molar-refractivity contribution is 5.53. The van der Waals surface area contributed by atoms with Crippen LogP contribution in [0, 0.1) is 0 Å². The minimum absolute atomic E-state index is 0.474. The molecule has 6 nitrogen and oxygen atoms in total. The van der Waals surface area contributed by atoms with Gasteiger partial charge in [0.25, 0.3) is 0 Å². The highest BCUT2D eigenvalue weighted by Gasteiger charge is 2.33. The van der Waals surface area contributed by atoms with Gasteiger partial charge in [-0.3, -0.25) is 0 Å². The van der Waals surface area contributed by atoms with Gasteiger partial charge in [-0.05, 0) is 50.7 Å². The normalized spacial score (nSPS) is 20.3. The number of anilines is 2. The van der Waals surface area contributed by atoms with Gasteiger partial charge in [0.2, 0.25) is 0 Å². The van der Waals surface area contributed by atoms with Gasteiger partial charge < -0.3 is 9.80 Å². The molecule has 0 amide bonds. The molecule has 0 aromatic carbocycles. The van der Waals surface area contributed by atoms with Gasteiger partial charge in [0.1, 0.15) is 12.1 Å². The molecule has 2 aliphatic carbocycles. The molecule has 1 saturated carbocycles. The van der Waals surface area contributed by atoms with Gasteiger partial charge in [-0.1, -0.05) is 6.42 Å². The maximum Gasteiger partial charge on any atom is 0.151 e. The maximum atomic E-state index is 4.64. The summed E-state index contributed by atoms with van der Waals surface area (Å²) in [6.45, 7) is 1.96. The molecule has 6 heteroatoms. The Labute approximate surface area is 154 Å². The van der Waals surface area contributed by atoms with E-state index < -0.39 is 0 Å². The molecule has 2 fully saturated rings. The number of hydrogen-bond acceptors (Lipinski definition) is 6. The highest BCUT2D eigenvalue weighted by atomic mass is 15.4. The van der Waals surface area contributed by atoms with Crippen molar-refractivity contribution < 1.29 is 0 Å². The molecular weight excluding hydrogens is 324 g/mol. The summed E-state index contributed by atoms with van der Waals surface area (Å²) in [6, 6.07) is 4.76. The molecule has 3 aliphatic rings. The average molecular weight is 350 g/mol. The maximum absolute atomic E-state index is 4.64. The monoisotopic (exact) mass is 350 g/mol. The van der Waals surface area contributed by atoms with Gasteiger partial charge >= 0.3 is 0 Å². The van der Waals surface area contributed by atoms with Crippen molar-refractivity contribution in [2.75, 3.05) is 29.9 Å². The Bertz CT molecular complexity index is 779. The second kappa shape index (κ2) is 6.49. The number of nitrogens with zero attached hydrogens (tertiary/aromatic N) is 6. The van der Waals surface area contributed by atoms with E-state index >= 15 is 0 Å². The zero-order valence-electron chi connectivity index (χ0n) is 15.4. The van der Waals surface area contributed by atoms with E-state index in [2.05, 4.69) is 49.1 Å². The zero-order chi connectivity index (χ0) is 17.5. The number of likely N-dealkylation sites (N-methyl/N-ethyl adjacent to an activating group) is 1. The third-order valence-electron chi connectivity index (χ3n) is 6.09. The molecule has 1 saturated heterocycles. The third kappa shape index (κ3) is 2.91. The fourth-order valence-electron chi connectivity index (χ4n) is 4.15. The van der Waals surface area contributed by atoms with Gasteiger partial charge in [-0.2, -0.15) is 5.10 Å². The summed E-state index contributed by atoms with van der Waals surface area (Å²) in [7, 11) is 2.18. The van der Waals surface area contributed by atoms with Gasteiger partial charge in [0, 0.05) is 37.3 Å². The topological polar surface area (TPSA) is 58.0 Å². The molecule has 0 spiro atoms. The van der Waals surface area contributed by atoms with Crippen LogP contribution in [0.3, 0.4) is 0 Å². The van der Waals surface area contributed by atoms with Crippen LogP contribution in [-0.4, -0.2) is 46.3 Å². The van der Waals surface area contributed by atoms with Crippen molar-refractivity contribution in [3.8, 4) is 0 Å². The summed E-state index contributed by atoms with van der Waals surface area (Å²) in [5, 5.41) is 8.86. The molecule has 0 atom stereocenters. The molecule has 2 aromatic heterocycles. The fourth-order valence-corrected chi connectivity index (χ4v) is 4.15. The summed E-state index contributed by atoms with van der Waals surface area (Å²) in [6.07, 6.45) is 10.3. The number of aromatic nitrogens is 4. The number of hydrogen-bond donors (Lipinski definition) is 0. The number of rotatable bonds is 4. The predicted molar refractivity (Wildman–Crippen MR) is 102 cm³/mol. The van der Waals surface area contributed by atoms with Crippen LogP contribution in [0.15, 0.2) is 18.5 Å². The van der Waals surface area contributed by atoms with E-state index in [-0.39, 0.29) is 0 Å². The Morgan fingerprint density at radius 1 is 1.00 bits per heavy atom. The van der Waals surface area contributed by atoms with Crippen molar-refractivity contribution in [3.05, 3.63) is 35.4 Å². The first-order valence-electron chi connectivity index (χ1n) is 9.94. The molecule has 0 N–H and O–H groups in total. The van der Waals surface area contributed by atoms with E-state index in [0.717, 1.165) is 43.3 Å². The minimum atomic E-state index is 0.474. The van der Waals surface area contributed by atoms with E-state index in [1.54, 1.807) is 6.33 Å². The van der Waals surface area contributed by atoms with Crippen LogP contribution in [0.1, 0.15) is 55.0 Å². The lowest BCUT2D eigenvalue weighted by Crippen LogP contribution is -2.59. The zero-order valence-corrected chi connectivity index (χ0v) is 15.4. The third-order valence-corrected chi connectivity index (χ3v) is 6.09. The van der Waals surface area contributed by atoms with Crippen molar-refractivity contribution in [1.82, 2.24) is 20.2 Å². The van der Waals surface area contributed by atoms with E-state index in [1.165, 1.54) is 43.4 Å². The molecule has 0 bridgehead atoms. The molecule has 5 rings (SSSR count). The van der Waals surface area contributed by atoms with Crippen molar-refractivity contribution in [2.45, 2.75) is 56.9 Å². The summed E-state index contributed by atoms with van der Waals surface area (Å²) in [4.78, 5) is 13.9. The lowest BCUT2D eigenvalue weighted by Gasteiger charge is -2.45. The molecule has 3 heterocycles. The number of aryl methyl sites for hydroxylation is 1. The minimum Gasteiger partial charge on any atom is -0.353 e. The van der Waals surface area contributed by atoms with Crippen LogP contribution in [0.5, 0.6) is 0 Å². The van der Waals surface area contributed by atoms with E-state index in [1.807, 2.05) is 0 Å². The Hall–Kier alpha value is -2.24. The standard InChI is InChI=1S/C20H26N6/c1-25(20-16-5-3-2-4-6-18(16)21-13-22-20)15-11-26(12-15)19-10-9-17(23-24-19)14-7-8-14/h9-10,13-15H,2-8,11-12H2,1H3. The molecule has 26 heavy (non-hydrogen) atoms. The van der Waals surface area contributed by atoms with Crippen molar-refractivity contribution >= 4 is 11.6 Å². The lowest BCUT2D eigenvalue weighted by atomic mass is 10.0. The second-order valence-corrected chi connectivity index (χ2v) is 7.94. The van der Waals surface area contributed by atoms with E-state index in [4.69, 9.17) is 0 Å². The van der Waals surface area contributed by atoms with Gasteiger partial charge in [-0.15, -0.1) is 5.10 Å². The molecular formula is C20H26N6. The molecule has 0 unspecified atom stereocenters. The first-order valence-corrected chi connectivity index (χ1v) is 9.94. The smallest absolute Gasteiger partial charge is 0.151 e. The van der Waals surface area contributed by atoms with Crippen LogP contribution in [0.25, 0.3) is 0 Å². The van der Waals surface area contributed by atoms with Crippen LogP contribution in [0.2, 0.25) is 0 Å². The Kier molecular flexibility index (Phi) is 3.98. The van der Waals surface area contributed by atoms with Crippen LogP contribution < -0.4 is 9.80 Å². The summed E-state index contributed by atoms with van der Waals surface area (Å²) < 4.78 is 0. The molecule has 2 aromatic rings. The molecule has 1 aliphatic heterocycles. The van der Waals surface area contributed by atoms with Gasteiger partial charge in [0.05, 0.1) is 11.7 Å². The van der Waals surface area contributed by atoms with E-state index in [0.29, 0.717) is 12.0 Å².